The van der Waals surface area contributed by atoms with Gasteiger partial charge in [-0.2, -0.15) is 10.2 Å². The summed E-state index contributed by atoms with van der Waals surface area (Å²) < 4.78 is 0. The van der Waals surface area contributed by atoms with Crippen molar-refractivity contribution < 1.29 is 9.90 Å². The van der Waals surface area contributed by atoms with Crippen LogP contribution < -0.4 is 5.32 Å². The van der Waals surface area contributed by atoms with E-state index in [0.717, 1.165) is 42.6 Å². The van der Waals surface area contributed by atoms with Gasteiger partial charge in [-0.25, -0.2) is 9.78 Å². The van der Waals surface area contributed by atoms with Crippen molar-refractivity contribution in [2.24, 2.45) is 0 Å². The minimum atomic E-state index is -0.961. The predicted molar refractivity (Wildman–Crippen MR) is 77.2 cm³/mol. The van der Waals surface area contributed by atoms with Gasteiger partial charge in [0.05, 0.1) is 12.2 Å². The fourth-order valence-electron chi connectivity index (χ4n) is 2.53. The smallest absolute Gasteiger partial charge is 0.339 e. The Morgan fingerprint density at radius 2 is 2.19 bits per heavy atom. The molecule has 0 amide bonds. The number of aromatic carboxylic acids is 1. The molecule has 2 aromatic rings. The van der Waals surface area contributed by atoms with E-state index in [1.54, 1.807) is 18.3 Å². The number of carboxylic acid groups (broad SMARTS) is 1. The van der Waals surface area contributed by atoms with Crippen LogP contribution in [-0.4, -0.2) is 26.3 Å². The van der Waals surface area contributed by atoms with Gasteiger partial charge < -0.3 is 10.4 Å². The van der Waals surface area contributed by atoms with Gasteiger partial charge in [0.1, 0.15) is 11.4 Å². The zero-order chi connectivity index (χ0) is 14.7. The fourth-order valence-corrected chi connectivity index (χ4v) is 2.53. The highest BCUT2D eigenvalue weighted by molar-refractivity contribution is 5.93. The molecule has 0 aromatic carbocycles. The summed E-state index contributed by atoms with van der Waals surface area (Å²) in [5, 5.41) is 20.2. The molecule has 1 aliphatic rings. The van der Waals surface area contributed by atoms with E-state index in [4.69, 9.17) is 0 Å². The number of nitrogens with one attached hydrogen (secondary N) is 1. The summed E-state index contributed by atoms with van der Waals surface area (Å²) in [4.78, 5) is 15.9. The van der Waals surface area contributed by atoms with Gasteiger partial charge in [-0.05, 0) is 49.4 Å². The molecular formula is C15H16N4O2. The fraction of sp³-hybridized carbons (Fsp3) is 0.333. The third-order valence-electron chi connectivity index (χ3n) is 3.60. The number of carboxylic acids is 1. The zero-order valence-corrected chi connectivity index (χ0v) is 11.5. The molecule has 0 spiro atoms. The largest absolute Gasteiger partial charge is 0.478 e. The summed E-state index contributed by atoms with van der Waals surface area (Å²) in [6.07, 6.45) is 5.63. The lowest BCUT2D eigenvalue weighted by molar-refractivity contribution is 0.0697. The summed E-state index contributed by atoms with van der Waals surface area (Å²) in [7, 11) is 0. The molecule has 0 bridgehead atoms. The van der Waals surface area contributed by atoms with Gasteiger partial charge in [-0.15, -0.1) is 0 Å². The van der Waals surface area contributed by atoms with Crippen molar-refractivity contribution >= 4 is 11.8 Å². The number of hydrogen-bond donors (Lipinski definition) is 2. The van der Waals surface area contributed by atoms with Crippen molar-refractivity contribution in [3.8, 4) is 0 Å². The second-order valence-electron chi connectivity index (χ2n) is 5.07. The second kappa shape index (κ2) is 5.87. The van der Waals surface area contributed by atoms with E-state index < -0.39 is 5.97 Å². The van der Waals surface area contributed by atoms with E-state index in [9.17, 15) is 9.90 Å². The maximum Gasteiger partial charge on any atom is 0.339 e. The Kier molecular flexibility index (Phi) is 3.77. The Labute approximate surface area is 122 Å². The number of hydrogen-bond acceptors (Lipinski definition) is 5. The first-order valence-corrected chi connectivity index (χ1v) is 7.00. The summed E-state index contributed by atoms with van der Waals surface area (Å²) in [6, 6.07) is 5.38. The average Bonchev–Trinajstić information content (AvgIpc) is 2.53. The lowest BCUT2D eigenvalue weighted by atomic mass is 9.94. The van der Waals surface area contributed by atoms with E-state index in [0.29, 0.717) is 12.4 Å². The second-order valence-corrected chi connectivity index (χ2v) is 5.07. The summed E-state index contributed by atoms with van der Waals surface area (Å²) >= 11 is 0. The Bertz CT molecular complexity index is 658. The van der Waals surface area contributed by atoms with E-state index in [2.05, 4.69) is 20.5 Å². The molecule has 2 N–H and O–H groups in total. The Morgan fingerprint density at radius 1 is 1.33 bits per heavy atom. The summed E-state index contributed by atoms with van der Waals surface area (Å²) in [6.45, 7) is 0.403. The van der Waals surface area contributed by atoms with Crippen LogP contribution in [0.4, 0.5) is 5.82 Å². The molecule has 108 valence electrons. The van der Waals surface area contributed by atoms with E-state index in [-0.39, 0.29) is 5.56 Å². The molecule has 0 saturated heterocycles. The van der Waals surface area contributed by atoms with E-state index in [1.807, 2.05) is 6.07 Å². The highest BCUT2D eigenvalue weighted by Crippen LogP contribution is 2.25. The molecule has 21 heavy (non-hydrogen) atoms. The van der Waals surface area contributed by atoms with Crippen LogP contribution in [0.25, 0.3) is 0 Å². The SMILES string of the molecule is O=C(O)c1cc2c(nc1NCc1cccnn1)CCCC2. The molecule has 6 heteroatoms. The number of aryl methyl sites for hydroxylation is 2. The molecule has 2 heterocycles. The lowest BCUT2D eigenvalue weighted by Crippen LogP contribution is -2.14. The van der Waals surface area contributed by atoms with Gasteiger partial charge in [0.25, 0.3) is 0 Å². The third kappa shape index (κ3) is 2.99. The first-order valence-electron chi connectivity index (χ1n) is 7.00. The molecule has 0 fully saturated rings. The lowest BCUT2D eigenvalue weighted by Gasteiger charge is -2.18. The maximum atomic E-state index is 11.4. The van der Waals surface area contributed by atoms with Crippen molar-refractivity contribution in [1.82, 2.24) is 15.2 Å². The quantitative estimate of drug-likeness (QED) is 0.893. The molecule has 0 saturated carbocycles. The zero-order valence-electron chi connectivity index (χ0n) is 11.5. The van der Waals surface area contributed by atoms with Crippen molar-refractivity contribution in [2.75, 3.05) is 5.32 Å². The standard InChI is InChI=1S/C15H16N4O2/c20-15(21)12-8-10-4-1-2-6-13(10)18-14(12)16-9-11-5-3-7-17-19-11/h3,5,7-8H,1-2,4,6,9H2,(H,16,18)(H,20,21). The highest BCUT2D eigenvalue weighted by Gasteiger charge is 2.18. The predicted octanol–water partition coefficient (Wildman–Crippen LogP) is 2.06. The van der Waals surface area contributed by atoms with Crippen molar-refractivity contribution in [2.45, 2.75) is 32.2 Å². The molecule has 0 unspecified atom stereocenters. The molecule has 2 aromatic heterocycles. The average molecular weight is 284 g/mol. The van der Waals surface area contributed by atoms with Gasteiger partial charge in [0.15, 0.2) is 0 Å². The van der Waals surface area contributed by atoms with Crippen LogP contribution in [0.1, 0.15) is 40.2 Å². The molecular weight excluding hydrogens is 268 g/mol. The summed E-state index contributed by atoms with van der Waals surface area (Å²) in [5.41, 5.74) is 3.03. The van der Waals surface area contributed by atoms with Crippen LogP contribution >= 0.6 is 0 Å². The van der Waals surface area contributed by atoms with Crippen molar-refractivity contribution in [1.29, 1.82) is 0 Å². The number of carbonyl (C=O) groups is 1. The van der Waals surface area contributed by atoms with Crippen LogP contribution in [0, 0.1) is 0 Å². The Morgan fingerprint density at radius 3 is 2.95 bits per heavy atom. The monoisotopic (exact) mass is 284 g/mol. The van der Waals surface area contributed by atoms with Crippen LogP contribution in [0.3, 0.4) is 0 Å². The van der Waals surface area contributed by atoms with Gasteiger partial charge >= 0.3 is 5.97 Å². The highest BCUT2D eigenvalue weighted by atomic mass is 16.4. The molecule has 0 aliphatic heterocycles. The van der Waals surface area contributed by atoms with Crippen molar-refractivity contribution in [3.63, 3.8) is 0 Å². The van der Waals surface area contributed by atoms with Crippen LogP contribution in [0.15, 0.2) is 24.4 Å². The molecule has 6 nitrogen and oxygen atoms in total. The number of nitrogens with zero attached hydrogens (tertiary/aromatic N) is 3. The Balaban J connectivity index is 1.87. The summed E-state index contributed by atoms with van der Waals surface area (Å²) in [5.74, 6) is -0.550. The minimum absolute atomic E-state index is 0.222. The normalized spacial score (nSPS) is 13.5. The first-order chi connectivity index (χ1) is 10.2. The number of aromatic nitrogens is 3. The van der Waals surface area contributed by atoms with E-state index in [1.165, 1.54) is 0 Å². The molecule has 3 rings (SSSR count). The number of pyridine rings is 1. The Hall–Kier alpha value is -2.50. The minimum Gasteiger partial charge on any atom is -0.478 e. The maximum absolute atomic E-state index is 11.4. The number of fused-ring (bicyclic) bond motifs is 1. The van der Waals surface area contributed by atoms with Crippen LogP contribution in [-0.2, 0) is 19.4 Å². The van der Waals surface area contributed by atoms with Crippen molar-refractivity contribution in [3.05, 3.63) is 46.9 Å². The van der Waals surface area contributed by atoms with Gasteiger partial charge in [-0.3, -0.25) is 0 Å². The number of anilines is 1. The molecule has 0 radical (unpaired) electrons. The molecule has 0 atom stereocenters. The first kappa shape index (κ1) is 13.5. The third-order valence-corrected chi connectivity index (χ3v) is 3.60. The van der Waals surface area contributed by atoms with Gasteiger partial charge in [-0.1, -0.05) is 0 Å². The van der Waals surface area contributed by atoms with Crippen LogP contribution in [0.2, 0.25) is 0 Å². The number of rotatable bonds is 4. The van der Waals surface area contributed by atoms with Gasteiger partial charge in [0.2, 0.25) is 0 Å². The topological polar surface area (TPSA) is 88.0 Å². The van der Waals surface area contributed by atoms with E-state index >= 15 is 0 Å². The molecule has 1 aliphatic carbocycles. The van der Waals surface area contributed by atoms with Gasteiger partial charge in [0, 0.05) is 11.9 Å². The van der Waals surface area contributed by atoms with Crippen LogP contribution in [0.5, 0.6) is 0 Å².